The molecule has 0 radical (unpaired) electrons. The van der Waals surface area contributed by atoms with Gasteiger partial charge in [0.15, 0.2) is 0 Å². The average Bonchev–Trinajstić information content (AvgIpc) is 2.31. The van der Waals surface area contributed by atoms with Gasteiger partial charge in [0.05, 0.1) is 12.6 Å². The van der Waals surface area contributed by atoms with Gasteiger partial charge in [0, 0.05) is 17.6 Å². The smallest absolute Gasteiger partial charge is 0.134 e. The van der Waals surface area contributed by atoms with Crippen molar-refractivity contribution < 1.29 is 9.13 Å². The molecule has 0 amide bonds. The van der Waals surface area contributed by atoms with Crippen molar-refractivity contribution in [3.8, 4) is 5.75 Å². The van der Waals surface area contributed by atoms with Gasteiger partial charge in [0.2, 0.25) is 0 Å². The maximum Gasteiger partial charge on any atom is 0.134 e. The average molecular weight is 235 g/mol. The van der Waals surface area contributed by atoms with Crippen molar-refractivity contribution in [1.82, 2.24) is 4.98 Å². The summed E-state index contributed by atoms with van der Waals surface area (Å²) in [5.74, 6) is 0.483. The van der Waals surface area contributed by atoms with Crippen molar-refractivity contribution in [1.29, 1.82) is 0 Å². The van der Waals surface area contributed by atoms with Crippen molar-refractivity contribution >= 4 is 10.9 Å². The second kappa shape index (κ2) is 6.18. The van der Waals surface area contributed by atoms with E-state index < -0.39 is 0 Å². The van der Waals surface area contributed by atoms with Crippen LogP contribution in [0.15, 0.2) is 24.4 Å². The van der Waals surface area contributed by atoms with Crippen LogP contribution in [-0.4, -0.2) is 12.1 Å². The Morgan fingerprint density at radius 2 is 1.94 bits per heavy atom. The van der Waals surface area contributed by atoms with E-state index in [0.717, 1.165) is 11.3 Å². The molecule has 0 aliphatic carbocycles. The Labute approximate surface area is 101 Å². The maximum atomic E-state index is 13.3. The summed E-state index contributed by atoms with van der Waals surface area (Å²) in [5.41, 5.74) is 1.53. The standard InChI is InChI=1S/C11H10FNO.C3H8/c1-7-5-8-9(12)3-4-13-10(8)6-11(7)14-2;1-3-2/h3-6H,1-2H3;3H2,1-2H3. The Balaban J connectivity index is 0.000000437. The normalized spacial score (nSPS) is 9.71. The second-order valence-electron chi connectivity index (χ2n) is 3.84. The number of aromatic nitrogens is 1. The van der Waals surface area contributed by atoms with E-state index in [9.17, 15) is 4.39 Å². The summed E-state index contributed by atoms with van der Waals surface area (Å²) in [6, 6.07) is 4.85. The minimum absolute atomic E-state index is 0.249. The Morgan fingerprint density at radius 1 is 1.29 bits per heavy atom. The molecule has 0 aliphatic heterocycles. The quantitative estimate of drug-likeness (QED) is 0.742. The van der Waals surface area contributed by atoms with Crippen LogP contribution in [0.5, 0.6) is 5.75 Å². The number of hydrogen-bond acceptors (Lipinski definition) is 2. The molecular formula is C14H18FNO. The number of fused-ring (bicyclic) bond motifs is 1. The summed E-state index contributed by atoms with van der Waals surface area (Å²) in [6.45, 7) is 6.13. The van der Waals surface area contributed by atoms with Crippen LogP contribution in [0.1, 0.15) is 25.8 Å². The minimum atomic E-state index is -0.249. The third-order valence-corrected chi connectivity index (χ3v) is 2.20. The lowest BCUT2D eigenvalue weighted by atomic mass is 10.1. The predicted molar refractivity (Wildman–Crippen MR) is 69.0 cm³/mol. The van der Waals surface area contributed by atoms with Crippen LogP contribution in [0, 0.1) is 12.7 Å². The molecule has 0 unspecified atom stereocenters. The van der Waals surface area contributed by atoms with Gasteiger partial charge in [-0.25, -0.2) is 4.39 Å². The second-order valence-corrected chi connectivity index (χ2v) is 3.84. The third kappa shape index (κ3) is 3.16. The van der Waals surface area contributed by atoms with Crippen LogP contribution in [0.25, 0.3) is 10.9 Å². The number of pyridine rings is 1. The number of methoxy groups -OCH3 is 1. The maximum absolute atomic E-state index is 13.3. The number of hydrogen-bond donors (Lipinski definition) is 0. The molecule has 2 rings (SSSR count). The van der Waals surface area contributed by atoms with E-state index in [1.54, 1.807) is 19.2 Å². The van der Waals surface area contributed by atoms with E-state index in [1.807, 2.05) is 6.92 Å². The number of aryl methyl sites for hydroxylation is 1. The van der Waals surface area contributed by atoms with Crippen LogP contribution in [0.3, 0.4) is 0 Å². The Bertz CT molecular complexity index is 497. The fourth-order valence-corrected chi connectivity index (χ4v) is 1.47. The zero-order valence-electron chi connectivity index (χ0n) is 10.7. The van der Waals surface area contributed by atoms with E-state index in [1.165, 1.54) is 18.7 Å². The van der Waals surface area contributed by atoms with Gasteiger partial charge in [-0.15, -0.1) is 0 Å². The van der Waals surface area contributed by atoms with Crippen LogP contribution in [0.2, 0.25) is 0 Å². The van der Waals surface area contributed by atoms with E-state index in [0.29, 0.717) is 10.9 Å². The van der Waals surface area contributed by atoms with Crippen molar-refractivity contribution in [2.75, 3.05) is 7.11 Å². The van der Waals surface area contributed by atoms with Crippen molar-refractivity contribution in [2.24, 2.45) is 0 Å². The van der Waals surface area contributed by atoms with Gasteiger partial charge in [-0.05, 0) is 24.6 Å². The van der Waals surface area contributed by atoms with Crippen LogP contribution < -0.4 is 4.74 Å². The number of nitrogens with zero attached hydrogens (tertiary/aromatic N) is 1. The lowest BCUT2D eigenvalue weighted by Gasteiger charge is -2.06. The van der Waals surface area contributed by atoms with Crippen molar-refractivity contribution in [3.05, 3.63) is 35.8 Å². The first kappa shape index (κ1) is 13.4. The van der Waals surface area contributed by atoms with Gasteiger partial charge in [0.1, 0.15) is 11.6 Å². The zero-order chi connectivity index (χ0) is 12.8. The topological polar surface area (TPSA) is 22.1 Å². The minimum Gasteiger partial charge on any atom is -0.496 e. The molecule has 2 nitrogen and oxygen atoms in total. The fourth-order valence-electron chi connectivity index (χ4n) is 1.47. The third-order valence-electron chi connectivity index (χ3n) is 2.20. The Kier molecular flexibility index (Phi) is 4.88. The highest BCUT2D eigenvalue weighted by atomic mass is 19.1. The van der Waals surface area contributed by atoms with Gasteiger partial charge >= 0.3 is 0 Å². The fraction of sp³-hybridized carbons (Fsp3) is 0.357. The Morgan fingerprint density at radius 3 is 2.53 bits per heavy atom. The number of ether oxygens (including phenoxy) is 1. The highest BCUT2D eigenvalue weighted by Gasteiger charge is 2.05. The molecule has 0 bridgehead atoms. The van der Waals surface area contributed by atoms with Crippen molar-refractivity contribution in [3.63, 3.8) is 0 Å². The summed E-state index contributed by atoms with van der Waals surface area (Å²) < 4.78 is 18.5. The summed E-state index contributed by atoms with van der Waals surface area (Å²) in [4.78, 5) is 4.07. The van der Waals surface area contributed by atoms with Gasteiger partial charge in [0.25, 0.3) is 0 Å². The summed E-state index contributed by atoms with van der Waals surface area (Å²) in [6.07, 6.45) is 2.70. The van der Waals surface area contributed by atoms with Crippen molar-refractivity contribution in [2.45, 2.75) is 27.2 Å². The van der Waals surface area contributed by atoms with E-state index in [-0.39, 0.29) is 5.82 Å². The highest BCUT2D eigenvalue weighted by Crippen LogP contribution is 2.25. The van der Waals surface area contributed by atoms with Crippen LogP contribution in [-0.2, 0) is 0 Å². The molecule has 0 aliphatic rings. The monoisotopic (exact) mass is 235 g/mol. The van der Waals surface area contributed by atoms with E-state index >= 15 is 0 Å². The first-order valence-electron chi connectivity index (χ1n) is 5.72. The lowest BCUT2D eigenvalue weighted by Crippen LogP contribution is -1.90. The molecule has 1 heterocycles. The van der Waals surface area contributed by atoms with Gasteiger partial charge in [-0.3, -0.25) is 4.98 Å². The Hall–Kier alpha value is -1.64. The van der Waals surface area contributed by atoms with Gasteiger partial charge in [-0.1, -0.05) is 20.3 Å². The number of benzene rings is 1. The molecule has 0 N–H and O–H groups in total. The summed E-state index contributed by atoms with van der Waals surface area (Å²) >= 11 is 0. The number of halogens is 1. The molecule has 92 valence electrons. The van der Waals surface area contributed by atoms with Crippen LogP contribution in [0.4, 0.5) is 4.39 Å². The molecule has 0 atom stereocenters. The molecule has 0 saturated heterocycles. The molecule has 1 aromatic heterocycles. The molecule has 1 aromatic carbocycles. The molecule has 0 spiro atoms. The van der Waals surface area contributed by atoms with Gasteiger partial charge < -0.3 is 4.74 Å². The molecule has 0 saturated carbocycles. The van der Waals surface area contributed by atoms with E-state index in [2.05, 4.69) is 18.8 Å². The SMILES string of the molecule is CCC.COc1cc2nccc(F)c2cc1C. The zero-order valence-corrected chi connectivity index (χ0v) is 10.7. The van der Waals surface area contributed by atoms with Crippen LogP contribution >= 0.6 is 0 Å². The van der Waals surface area contributed by atoms with E-state index in [4.69, 9.17) is 4.74 Å². The molecule has 3 heteroatoms. The van der Waals surface area contributed by atoms with Gasteiger partial charge in [-0.2, -0.15) is 0 Å². The first-order valence-corrected chi connectivity index (χ1v) is 5.72. The highest BCUT2D eigenvalue weighted by molar-refractivity contribution is 5.81. The summed E-state index contributed by atoms with van der Waals surface area (Å²) in [5, 5.41) is 0.533. The summed E-state index contributed by atoms with van der Waals surface area (Å²) in [7, 11) is 1.59. The molecular weight excluding hydrogens is 217 g/mol. The molecule has 2 aromatic rings. The largest absolute Gasteiger partial charge is 0.496 e. The molecule has 0 fully saturated rings. The molecule has 17 heavy (non-hydrogen) atoms. The lowest BCUT2D eigenvalue weighted by molar-refractivity contribution is 0.412. The predicted octanol–water partition coefficient (Wildman–Crippen LogP) is 4.11. The first-order chi connectivity index (χ1) is 8.13. The number of rotatable bonds is 1.